The summed E-state index contributed by atoms with van der Waals surface area (Å²) in [5, 5.41) is 19.5. The molecule has 48 heavy (non-hydrogen) atoms. The van der Waals surface area contributed by atoms with E-state index in [1.165, 1.54) is 0 Å². The highest BCUT2D eigenvalue weighted by Crippen LogP contribution is 2.22. The van der Waals surface area contributed by atoms with Gasteiger partial charge in [-0.15, -0.1) is 11.3 Å². The van der Waals surface area contributed by atoms with Crippen LogP contribution in [0.25, 0.3) is 0 Å². The van der Waals surface area contributed by atoms with Gasteiger partial charge in [-0.1, -0.05) is 74.5 Å². The number of nitrogens with one attached hydrogen (secondary N) is 3. The lowest BCUT2D eigenvalue weighted by Gasteiger charge is -2.30. The summed E-state index contributed by atoms with van der Waals surface area (Å²) < 4.78 is 5.50. The van der Waals surface area contributed by atoms with Crippen LogP contribution in [-0.4, -0.2) is 95.9 Å². The number of carbonyl (C=O) groups excluding carboxylic acids is 2. The molecule has 0 spiro atoms. The highest BCUT2D eigenvalue weighted by molar-refractivity contribution is 7.11. The van der Waals surface area contributed by atoms with E-state index >= 15 is 0 Å². The molecule has 260 valence electrons. The minimum atomic E-state index is -1.08. The number of carbonyl (C=O) groups is 3. The third-order valence-electron chi connectivity index (χ3n) is 8.44. The molecule has 0 radical (unpaired) electrons. The number of morpholine rings is 1. The van der Waals surface area contributed by atoms with Crippen LogP contribution in [0.15, 0.2) is 66.9 Å². The van der Waals surface area contributed by atoms with Gasteiger partial charge in [-0.3, -0.25) is 9.69 Å². The van der Waals surface area contributed by atoms with Crippen LogP contribution in [0.5, 0.6) is 0 Å². The Hall–Kier alpha value is -4.00. The third-order valence-corrected chi connectivity index (χ3v) is 9.73. The van der Waals surface area contributed by atoms with E-state index < -0.39 is 12.1 Å². The monoisotopic (exact) mass is 678 g/mol. The largest absolute Gasteiger partial charge is 0.465 e. The molecule has 1 aromatic heterocycles. The van der Waals surface area contributed by atoms with E-state index in [4.69, 9.17) is 4.74 Å². The Labute approximate surface area is 288 Å². The lowest BCUT2D eigenvalue weighted by atomic mass is 9.95. The molecule has 4 N–H and O–H groups in total. The topological polar surface area (TPSA) is 136 Å². The van der Waals surface area contributed by atoms with Crippen molar-refractivity contribution in [2.24, 2.45) is 0 Å². The molecule has 0 saturated carbocycles. The van der Waals surface area contributed by atoms with Crippen molar-refractivity contribution >= 4 is 29.4 Å². The molecular formula is C36H50N6O5S. The summed E-state index contributed by atoms with van der Waals surface area (Å²) in [5.41, 5.74) is 2.10. The first-order valence-electron chi connectivity index (χ1n) is 16.8. The van der Waals surface area contributed by atoms with Gasteiger partial charge in [0.05, 0.1) is 24.8 Å². The van der Waals surface area contributed by atoms with Crippen LogP contribution in [0.2, 0.25) is 0 Å². The molecule has 1 aliphatic heterocycles. The van der Waals surface area contributed by atoms with E-state index in [1.54, 1.807) is 23.3 Å². The predicted octanol–water partition coefficient (Wildman–Crippen LogP) is 4.89. The van der Waals surface area contributed by atoms with Crippen LogP contribution in [0, 0.1) is 0 Å². The van der Waals surface area contributed by atoms with Crippen molar-refractivity contribution in [2.45, 2.75) is 76.5 Å². The smallest absolute Gasteiger partial charge is 0.404 e. The Bertz CT molecular complexity index is 1420. The van der Waals surface area contributed by atoms with Crippen LogP contribution in [0.3, 0.4) is 0 Å². The Morgan fingerprint density at radius 2 is 1.48 bits per heavy atom. The fraction of sp³-hybridized carbons (Fsp3) is 0.500. The molecule has 2 heterocycles. The summed E-state index contributed by atoms with van der Waals surface area (Å²) in [6.07, 6.45) is 3.37. The Balaban J connectivity index is 1.46. The number of benzene rings is 2. The van der Waals surface area contributed by atoms with E-state index in [2.05, 4.69) is 39.7 Å². The maximum absolute atomic E-state index is 14.0. The Morgan fingerprint density at radius 1 is 0.896 bits per heavy atom. The van der Waals surface area contributed by atoms with Crippen LogP contribution in [-0.2, 0) is 28.9 Å². The average Bonchev–Trinajstić information content (AvgIpc) is 3.55. The molecule has 3 atom stereocenters. The number of carboxylic acid groups (broad SMARTS) is 1. The van der Waals surface area contributed by atoms with Crippen LogP contribution in [0.4, 0.5) is 9.59 Å². The first kappa shape index (κ1) is 36.8. The van der Waals surface area contributed by atoms with E-state index in [0.29, 0.717) is 64.3 Å². The number of amides is 4. The van der Waals surface area contributed by atoms with Crippen molar-refractivity contribution in [2.75, 3.05) is 39.9 Å². The molecule has 2 aromatic carbocycles. The molecule has 12 heteroatoms. The first-order valence-corrected chi connectivity index (χ1v) is 17.6. The summed E-state index contributed by atoms with van der Waals surface area (Å²) in [6.45, 7) is 8.07. The van der Waals surface area contributed by atoms with Crippen molar-refractivity contribution in [3.8, 4) is 0 Å². The Morgan fingerprint density at radius 3 is 2.02 bits per heavy atom. The molecule has 1 saturated heterocycles. The maximum Gasteiger partial charge on any atom is 0.404 e. The molecule has 1 fully saturated rings. The van der Waals surface area contributed by atoms with E-state index in [1.807, 2.05) is 66.9 Å². The number of nitrogens with zero attached hydrogens (tertiary/aromatic N) is 3. The number of ether oxygens (including phenoxy) is 1. The lowest BCUT2D eigenvalue weighted by molar-refractivity contribution is -0.124. The number of rotatable bonds is 17. The van der Waals surface area contributed by atoms with Crippen LogP contribution >= 0.6 is 11.3 Å². The molecule has 0 aliphatic carbocycles. The molecule has 1 aliphatic rings. The number of hydrogen-bond donors (Lipinski definition) is 4. The van der Waals surface area contributed by atoms with Gasteiger partial charge in [0.25, 0.3) is 0 Å². The van der Waals surface area contributed by atoms with E-state index in [9.17, 15) is 19.5 Å². The number of thiazole rings is 1. The minimum Gasteiger partial charge on any atom is -0.465 e. The summed E-state index contributed by atoms with van der Waals surface area (Å²) in [7, 11) is 1.72. The van der Waals surface area contributed by atoms with Gasteiger partial charge in [0.15, 0.2) is 0 Å². The van der Waals surface area contributed by atoms with Gasteiger partial charge in [0, 0.05) is 55.8 Å². The predicted molar refractivity (Wildman–Crippen MR) is 188 cm³/mol. The molecule has 4 rings (SSSR count). The fourth-order valence-electron chi connectivity index (χ4n) is 5.76. The van der Waals surface area contributed by atoms with Gasteiger partial charge in [-0.25, -0.2) is 14.6 Å². The van der Waals surface area contributed by atoms with E-state index in [0.717, 1.165) is 34.1 Å². The second-order valence-corrected chi connectivity index (χ2v) is 13.9. The standard InChI is InChI=1S/C36H50N6O5S/c1-26(2)34-37-24-31(48-34)25-41(3)35(44)40-32(16-17-42-18-20-47-21-19-42)33(43)38-29(22-27-10-6-4-7-11-27)14-15-30(39-36(45)46)23-28-12-8-5-9-13-28/h4-13,24,26,29-30,32,39H,14-23,25H2,1-3H3,(H,38,43)(H,40,44)(H,45,46)/t29-,30-,32+/m1/s1. The van der Waals surface area contributed by atoms with Gasteiger partial charge < -0.3 is 30.7 Å². The van der Waals surface area contributed by atoms with Gasteiger partial charge in [-0.05, 0) is 43.2 Å². The second kappa shape index (κ2) is 19.1. The molecule has 11 nitrogen and oxygen atoms in total. The summed E-state index contributed by atoms with van der Waals surface area (Å²) >= 11 is 1.59. The van der Waals surface area contributed by atoms with Gasteiger partial charge in [0.1, 0.15) is 6.04 Å². The minimum absolute atomic E-state index is 0.253. The lowest BCUT2D eigenvalue weighted by Crippen LogP contribution is -2.54. The maximum atomic E-state index is 14.0. The van der Waals surface area contributed by atoms with Crippen molar-refractivity contribution in [3.05, 3.63) is 87.9 Å². The third kappa shape index (κ3) is 12.6. The number of aromatic nitrogens is 1. The Kier molecular flexibility index (Phi) is 14.7. The van der Waals surface area contributed by atoms with Crippen molar-refractivity contribution < 1.29 is 24.2 Å². The molecular weight excluding hydrogens is 629 g/mol. The molecule has 3 aromatic rings. The molecule has 0 bridgehead atoms. The molecule has 4 amide bonds. The fourth-order valence-corrected chi connectivity index (χ4v) is 6.73. The average molecular weight is 679 g/mol. The van der Waals surface area contributed by atoms with E-state index in [-0.39, 0.29) is 24.0 Å². The molecule has 0 unspecified atom stereocenters. The van der Waals surface area contributed by atoms with Crippen LogP contribution in [0.1, 0.15) is 60.0 Å². The zero-order valence-electron chi connectivity index (χ0n) is 28.3. The summed E-state index contributed by atoms with van der Waals surface area (Å²) in [4.78, 5) is 48.4. The number of hydrogen-bond acceptors (Lipinski definition) is 7. The number of urea groups is 1. The first-order chi connectivity index (χ1) is 23.2. The summed E-state index contributed by atoms with van der Waals surface area (Å²) in [5.74, 6) is 0.0603. The zero-order chi connectivity index (χ0) is 34.3. The van der Waals surface area contributed by atoms with Gasteiger partial charge >= 0.3 is 12.1 Å². The van der Waals surface area contributed by atoms with Crippen molar-refractivity contribution in [3.63, 3.8) is 0 Å². The van der Waals surface area contributed by atoms with Crippen molar-refractivity contribution in [1.82, 2.24) is 30.7 Å². The summed E-state index contributed by atoms with van der Waals surface area (Å²) in [6, 6.07) is 18.0. The zero-order valence-corrected chi connectivity index (χ0v) is 29.1. The SMILES string of the molecule is CC(C)c1ncc(CN(C)C(=O)N[C@@H](CCN2CCOCC2)C(=O)N[C@H](CC[C@H](Cc2ccccc2)NC(=O)O)Cc2ccccc2)s1. The van der Waals surface area contributed by atoms with Gasteiger partial charge in [0.2, 0.25) is 5.91 Å². The highest BCUT2D eigenvalue weighted by Gasteiger charge is 2.27. The normalized spacial score (nSPS) is 15.3. The van der Waals surface area contributed by atoms with Crippen molar-refractivity contribution in [1.29, 1.82) is 0 Å². The highest BCUT2D eigenvalue weighted by atomic mass is 32.1. The quantitative estimate of drug-likeness (QED) is 0.160. The van der Waals surface area contributed by atoms with Gasteiger partial charge in [-0.2, -0.15) is 0 Å². The second-order valence-electron chi connectivity index (χ2n) is 12.7. The van der Waals surface area contributed by atoms with Crippen LogP contribution < -0.4 is 16.0 Å².